The van der Waals surface area contributed by atoms with Gasteiger partial charge in [-0.3, -0.25) is 14.4 Å². The standard InChI is InChI=1S/C19H18Cl2N2O4S/c1-11(19(27)23-13-5-6-15(20)16(21)10-13)28-14-4-2-3-12(9-14)22-17(24)7-8-18(25)26/h2-6,9-11H,7-8H2,1H3,(H,22,24)(H,23,27)(H,25,26). The fourth-order valence-corrected chi connectivity index (χ4v) is 3.39. The average molecular weight is 441 g/mol. The first-order valence-electron chi connectivity index (χ1n) is 8.29. The molecule has 0 aliphatic carbocycles. The molecule has 0 radical (unpaired) electrons. The summed E-state index contributed by atoms with van der Waals surface area (Å²) in [4.78, 5) is 35.5. The molecule has 0 heterocycles. The van der Waals surface area contributed by atoms with Crippen molar-refractivity contribution in [1.29, 1.82) is 0 Å². The maximum atomic E-state index is 12.4. The van der Waals surface area contributed by atoms with E-state index in [0.717, 1.165) is 4.90 Å². The minimum Gasteiger partial charge on any atom is -0.481 e. The van der Waals surface area contributed by atoms with Gasteiger partial charge in [-0.25, -0.2) is 0 Å². The second-order valence-corrected chi connectivity index (χ2v) is 8.08. The van der Waals surface area contributed by atoms with E-state index in [4.69, 9.17) is 28.3 Å². The zero-order valence-electron chi connectivity index (χ0n) is 14.9. The van der Waals surface area contributed by atoms with Gasteiger partial charge in [0.25, 0.3) is 0 Å². The molecule has 9 heteroatoms. The van der Waals surface area contributed by atoms with Gasteiger partial charge in [0.15, 0.2) is 0 Å². The SMILES string of the molecule is CC(Sc1cccc(NC(=O)CCC(=O)O)c1)C(=O)Nc1ccc(Cl)c(Cl)c1. The summed E-state index contributed by atoms with van der Waals surface area (Å²) in [5.74, 6) is -1.62. The summed E-state index contributed by atoms with van der Waals surface area (Å²) < 4.78 is 0. The molecule has 2 aromatic carbocycles. The van der Waals surface area contributed by atoms with Crippen LogP contribution in [-0.4, -0.2) is 28.1 Å². The topological polar surface area (TPSA) is 95.5 Å². The number of anilines is 2. The summed E-state index contributed by atoms with van der Waals surface area (Å²) in [7, 11) is 0. The molecule has 0 spiro atoms. The number of amides is 2. The van der Waals surface area contributed by atoms with Gasteiger partial charge in [-0.2, -0.15) is 0 Å². The predicted molar refractivity (Wildman–Crippen MR) is 112 cm³/mol. The lowest BCUT2D eigenvalue weighted by atomic mass is 10.2. The third-order valence-corrected chi connectivity index (χ3v) is 5.39. The highest BCUT2D eigenvalue weighted by molar-refractivity contribution is 8.00. The molecule has 0 aliphatic heterocycles. The molecule has 28 heavy (non-hydrogen) atoms. The van der Waals surface area contributed by atoms with Crippen LogP contribution >= 0.6 is 35.0 Å². The van der Waals surface area contributed by atoms with E-state index in [1.165, 1.54) is 11.8 Å². The Morgan fingerprint density at radius 2 is 1.71 bits per heavy atom. The number of carbonyl (C=O) groups excluding carboxylic acids is 2. The maximum absolute atomic E-state index is 12.4. The van der Waals surface area contributed by atoms with Crippen LogP contribution in [0.2, 0.25) is 10.0 Å². The zero-order valence-corrected chi connectivity index (χ0v) is 17.2. The molecular weight excluding hydrogens is 423 g/mol. The lowest BCUT2D eigenvalue weighted by Crippen LogP contribution is -2.22. The normalized spacial score (nSPS) is 11.5. The number of benzene rings is 2. The van der Waals surface area contributed by atoms with Gasteiger partial charge in [0.2, 0.25) is 11.8 Å². The number of aliphatic carboxylic acids is 1. The Balaban J connectivity index is 1.94. The van der Waals surface area contributed by atoms with Gasteiger partial charge in [0.1, 0.15) is 0 Å². The van der Waals surface area contributed by atoms with E-state index in [9.17, 15) is 14.4 Å². The Morgan fingerprint density at radius 1 is 1.00 bits per heavy atom. The van der Waals surface area contributed by atoms with Crippen LogP contribution in [0, 0.1) is 0 Å². The van der Waals surface area contributed by atoms with E-state index >= 15 is 0 Å². The van der Waals surface area contributed by atoms with Crippen LogP contribution in [0.3, 0.4) is 0 Å². The van der Waals surface area contributed by atoms with Crippen LogP contribution in [0.15, 0.2) is 47.4 Å². The molecule has 3 N–H and O–H groups in total. The number of carboxylic acids is 1. The summed E-state index contributed by atoms with van der Waals surface area (Å²) in [6.45, 7) is 1.76. The fraction of sp³-hybridized carbons (Fsp3) is 0.211. The molecular formula is C19H18Cl2N2O4S. The molecule has 2 amide bonds. The van der Waals surface area contributed by atoms with Crippen molar-refractivity contribution in [1.82, 2.24) is 0 Å². The number of thioether (sulfide) groups is 1. The average Bonchev–Trinajstić information content (AvgIpc) is 2.63. The number of carbonyl (C=O) groups is 3. The van der Waals surface area contributed by atoms with Crippen LogP contribution in [0.5, 0.6) is 0 Å². The van der Waals surface area contributed by atoms with Crippen molar-refractivity contribution in [2.24, 2.45) is 0 Å². The van der Waals surface area contributed by atoms with Gasteiger partial charge in [0.05, 0.1) is 21.7 Å². The molecule has 1 atom stereocenters. The molecule has 1 unspecified atom stereocenters. The number of rotatable bonds is 8. The molecule has 0 bridgehead atoms. The Morgan fingerprint density at radius 3 is 2.39 bits per heavy atom. The second-order valence-electron chi connectivity index (χ2n) is 5.85. The lowest BCUT2D eigenvalue weighted by molar-refractivity contribution is -0.138. The highest BCUT2D eigenvalue weighted by atomic mass is 35.5. The van der Waals surface area contributed by atoms with Crippen molar-refractivity contribution >= 4 is 64.1 Å². The number of halogens is 2. The molecule has 6 nitrogen and oxygen atoms in total. The smallest absolute Gasteiger partial charge is 0.303 e. The van der Waals surface area contributed by atoms with Crippen molar-refractivity contribution < 1.29 is 19.5 Å². The first-order chi connectivity index (χ1) is 13.2. The Kier molecular flexibility index (Phi) is 8.17. The summed E-state index contributed by atoms with van der Waals surface area (Å²) in [6.07, 6.45) is -0.332. The van der Waals surface area contributed by atoms with Crippen molar-refractivity contribution in [3.63, 3.8) is 0 Å². The highest BCUT2D eigenvalue weighted by Gasteiger charge is 2.15. The van der Waals surface area contributed by atoms with Crippen LogP contribution in [0.1, 0.15) is 19.8 Å². The van der Waals surface area contributed by atoms with E-state index in [1.807, 2.05) is 6.07 Å². The van der Waals surface area contributed by atoms with Gasteiger partial charge < -0.3 is 15.7 Å². The van der Waals surface area contributed by atoms with Crippen LogP contribution in [0.25, 0.3) is 0 Å². The van der Waals surface area contributed by atoms with Crippen molar-refractivity contribution in [3.8, 4) is 0 Å². The summed E-state index contributed by atoms with van der Waals surface area (Å²) in [6, 6.07) is 11.8. The van der Waals surface area contributed by atoms with Crippen LogP contribution in [0.4, 0.5) is 11.4 Å². The number of hydrogen-bond donors (Lipinski definition) is 3. The number of nitrogens with one attached hydrogen (secondary N) is 2. The molecule has 0 saturated heterocycles. The molecule has 0 fully saturated rings. The Hall–Kier alpha value is -2.22. The van der Waals surface area contributed by atoms with E-state index in [0.29, 0.717) is 21.4 Å². The maximum Gasteiger partial charge on any atom is 0.303 e. The summed E-state index contributed by atoms with van der Waals surface area (Å²) in [5.41, 5.74) is 1.09. The van der Waals surface area contributed by atoms with E-state index in [2.05, 4.69) is 10.6 Å². The van der Waals surface area contributed by atoms with Gasteiger partial charge in [-0.1, -0.05) is 29.3 Å². The van der Waals surface area contributed by atoms with E-state index in [1.54, 1.807) is 43.3 Å². The van der Waals surface area contributed by atoms with Crippen LogP contribution < -0.4 is 10.6 Å². The minimum absolute atomic E-state index is 0.102. The van der Waals surface area contributed by atoms with Gasteiger partial charge in [-0.15, -0.1) is 11.8 Å². The third kappa shape index (κ3) is 7.07. The Bertz CT molecular complexity index is 892. The largest absolute Gasteiger partial charge is 0.481 e. The van der Waals surface area contributed by atoms with Gasteiger partial charge in [-0.05, 0) is 43.3 Å². The van der Waals surface area contributed by atoms with Crippen molar-refractivity contribution in [3.05, 3.63) is 52.5 Å². The monoisotopic (exact) mass is 440 g/mol. The molecule has 0 aliphatic rings. The zero-order chi connectivity index (χ0) is 20.7. The van der Waals surface area contributed by atoms with E-state index < -0.39 is 11.2 Å². The predicted octanol–water partition coefficient (Wildman–Crippen LogP) is 4.92. The Labute approximate surface area is 176 Å². The molecule has 2 aromatic rings. The van der Waals surface area contributed by atoms with Crippen molar-refractivity contribution in [2.75, 3.05) is 10.6 Å². The first-order valence-corrected chi connectivity index (χ1v) is 9.92. The second kappa shape index (κ2) is 10.4. The summed E-state index contributed by atoms with van der Waals surface area (Å²) >= 11 is 13.1. The molecule has 0 saturated carbocycles. The molecule has 2 rings (SSSR count). The first kappa shape index (κ1) is 22.1. The number of carboxylic acid groups (broad SMARTS) is 1. The quantitative estimate of drug-likeness (QED) is 0.506. The third-order valence-electron chi connectivity index (χ3n) is 3.55. The lowest BCUT2D eigenvalue weighted by Gasteiger charge is -2.13. The van der Waals surface area contributed by atoms with Crippen molar-refractivity contribution in [2.45, 2.75) is 29.9 Å². The molecule has 148 valence electrons. The van der Waals surface area contributed by atoms with E-state index in [-0.39, 0.29) is 24.7 Å². The number of hydrogen-bond acceptors (Lipinski definition) is 4. The molecule has 0 aromatic heterocycles. The fourth-order valence-electron chi connectivity index (χ4n) is 2.17. The summed E-state index contributed by atoms with van der Waals surface area (Å²) in [5, 5.41) is 14.4. The highest BCUT2D eigenvalue weighted by Crippen LogP contribution is 2.28. The van der Waals surface area contributed by atoms with Gasteiger partial charge >= 0.3 is 5.97 Å². The van der Waals surface area contributed by atoms with Crippen LogP contribution in [-0.2, 0) is 14.4 Å². The minimum atomic E-state index is -1.03. The van der Waals surface area contributed by atoms with Gasteiger partial charge in [0, 0.05) is 22.7 Å².